The van der Waals surface area contributed by atoms with Crippen LogP contribution in [0.25, 0.3) is 10.9 Å². The Balaban J connectivity index is 1.67. The van der Waals surface area contributed by atoms with E-state index in [0.29, 0.717) is 12.3 Å². The van der Waals surface area contributed by atoms with E-state index >= 15 is 0 Å². The molecule has 2 aliphatic heterocycles. The third-order valence-electron chi connectivity index (χ3n) is 6.07. The number of hydrogen-bond donors (Lipinski definition) is 0. The van der Waals surface area contributed by atoms with Gasteiger partial charge in [0.05, 0.1) is 6.54 Å². The molecule has 2 atom stereocenters. The van der Waals surface area contributed by atoms with Crippen molar-refractivity contribution in [2.75, 3.05) is 13.6 Å². The molecule has 0 radical (unpaired) electrons. The number of hydrogen-bond acceptors (Lipinski definition) is 3. The van der Waals surface area contributed by atoms with E-state index in [9.17, 15) is 4.79 Å². The maximum Gasteiger partial charge on any atom is 0.156 e. The molecule has 3 aromatic rings. The first-order chi connectivity index (χ1) is 12.6. The van der Waals surface area contributed by atoms with Crippen LogP contribution in [0.1, 0.15) is 28.3 Å². The summed E-state index contributed by atoms with van der Waals surface area (Å²) in [4.78, 5) is 19.6. The van der Waals surface area contributed by atoms with Crippen molar-refractivity contribution in [2.45, 2.75) is 32.4 Å². The van der Waals surface area contributed by atoms with Gasteiger partial charge in [0, 0.05) is 53.9 Å². The normalized spacial score (nSPS) is 22.6. The number of carbonyl (C=O) groups is 1. The molecule has 4 heterocycles. The van der Waals surface area contributed by atoms with Gasteiger partial charge < -0.3 is 9.47 Å². The molecular formula is C22H23N3O. The summed E-state index contributed by atoms with van der Waals surface area (Å²) in [7, 11) is 2.17. The van der Waals surface area contributed by atoms with Crippen LogP contribution in [0.15, 0.2) is 42.7 Å². The van der Waals surface area contributed by atoms with Crippen LogP contribution < -0.4 is 0 Å². The number of pyridine rings is 1. The first kappa shape index (κ1) is 15.8. The van der Waals surface area contributed by atoms with Crippen molar-refractivity contribution in [1.29, 1.82) is 0 Å². The van der Waals surface area contributed by atoms with E-state index in [1.54, 1.807) is 0 Å². The summed E-state index contributed by atoms with van der Waals surface area (Å²) >= 11 is 0. The lowest BCUT2D eigenvalue weighted by atomic mass is 9.76. The van der Waals surface area contributed by atoms with Crippen molar-refractivity contribution < 1.29 is 4.79 Å². The lowest BCUT2D eigenvalue weighted by Gasteiger charge is -2.39. The molecule has 5 rings (SSSR count). The topological polar surface area (TPSA) is 38.1 Å². The molecule has 0 saturated heterocycles. The van der Waals surface area contributed by atoms with Crippen LogP contribution >= 0.6 is 0 Å². The molecule has 0 spiro atoms. The summed E-state index contributed by atoms with van der Waals surface area (Å²) in [6.45, 7) is 4.56. The smallest absolute Gasteiger partial charge is 0.156 e. The van der Waals surface area contributed by atoms with Crippen molar-refractivity contribution in [2.24, 2.45) is 5.92 Å². The van der Waals surface area contributed by atoms with Crippen LogP contribution in [-0.4, -0.2) is 33.8 Å². The van der Waals surface area contributed by atoms with E-state index in [0.717, 1.165) is 19.5 Å². The molecule has 0 saturated carbocycles. The Kier molecular flexibility index (Phi) is 3.50. The molecule has 0 N–H and O–H groups in total. The minimum atomic E-state index is 0.0526. The first-order valence-corrected chi connectivity index (χ1v) is 9.33. The van der Waals surface area contributed by atoms with Gasteiger partial charge in [-0.25, -0.2) is 0 Å². The highest BCUT2D eigenvalue weighted by Gasteiger charge is 2.41. The molecule has 2 unspecified atom stereocenters. The van der Waals surface area contributed by atoms with Crippen molar-refractivity contribution in [3.63, 3.8) is 0 Å². The number of likely N-dealkylation sites (N-methyl/N-ethyl adjacent to an activating group) is 1. The highest BCUT2D eigenvalue weighted by molar-refractivity contribution is 5.92. The number of rotatable bonds is 2. The Morgan fingerprint density at radius 2 is 1.96 bits per heavy atom. The van der Waals surface area contributed by atoms with Gasteiger partial charge in [-0.2, -0.15) is 0 Å². The summed E-state index contributed by atoms with van der Waals surface area (Å²) in [5, 5.41) is 1.33. The number of nitrogens with zero attached hydrogens (tertiary/aromatic N) is 3. The molecule has 0 aliphatic carbocycles. The zero-order valence-electron chi connectivity index (χ0n) is 15.3. The monoisotopic (exact) mass is 345 g/mol. The largest absolute Gasteiger partial charge is 0.336 e. The van der Waals surface area contributed by atoms with E-state index < -0.39 is 0 Å². The fourth-order valence-electron chi connectivity index (χ4n) is 4.92. The molecule has 132 valence electrons. The van der Waals surface area contributed by atoms with Gasteiger partial charge in [-0.15, -0.1) is 0 Å². The van der Waals surface area contributed by atoms with Gasteiger partial charge in [0.25, 0.3) is 0 Å². The molecule has 4 nitrogen and oxygen atoms in total. The standard InChI is InChI=1S/C22H23N3O/c1-14-3-4-20-16(9-14)18-11-24(2)12-19-17(10-15-5-7-23-8-6-15)21(26)13-25(20)22(18)19/h3-9,17,19H,10-13H2,1-2H3. The van der Waals surface area contributed by atoms with Crippen LogP contribution in [0, 0.1) is 12.8 Å². The molecule has 2 aromatic heterocycles. The predicted molar refractivity (Wildman–Crippen MR) is 102 cm³/mol. The van der Waals surface area contributed by atoms with Crippen LogP contribution in [0.3, 0.4) is 0 Å². The molecule has 0 fully saturated rings. The van der Waals surface area contributed by atoms with Crippen LogP contribution in [0.4, 0.5) is 0 Å². The van der Waals surface area contributed by atoms with Gasteiger partial charge in [-0.3, -0.25) is 9.78 Å². The number of carbonyl (C=O) groups excluding carboxylic acids is 1. The number of aryl methyl sites for hydroxylation is 1. The summed E-state index contributed by atoms with van der Waals surface area (Å²) in [6, 6.07) is 10.7. The second kappa shape index (κ2) is 5.78. The lowest BCUT2D eigenvalue weighted by molar-refractivity contribution is -0.125. The van der Waals surface area contributed by atoms with Gasteiger partial charge in [0.1, 0.15) is 0 Å². The van der Waals surface area contributed by atoms with Crippen molar-refractivity contribution in [1.82, 2.24) is 14.5 Å². The summed E-state index contributed by atoms with van der Waals surface area (Å²) < 4.78 is 2.30. The number of Topliss-reactive ketones (excluding diaryl/α,β-unsaturated/α-hetero) is 1. The summed E-state index contributed by atoms with van der Waals surface area (Å²) in [6.07, 6.45) is 4.45. The van der Waals surface area contributed by atoms with Crippen LogP contribution in [-0.2, 0) is 24.3 Å². The second-order valence-corrected chi connectivity index (χ2v) is 7.91. The minimum absolute atomic E-state index is 0.0526. The van der Waals surface area contributed by atoms with Gasteiger partial charge in [0.2, 0.25) is 0 Å². The average molecular weight is 345 g/mol. The molecule has 4 heteroatoms. The number of ketones is 1. The van der Waals surface area contributed by atoms with E-state index in [1.165, 1.54) is 33.3 Å². The maximum absolute atomic E-state index is 13.1. The molecule has 2 aliphatic rings. The van der Waals surface area contributed by atoms with Crippen molar-refractivity contribution in [3.8, 4) is 0 Å². The van der Waals surface area contributed by atoms with Crippen molar-refractivity contribution in [3.05, 3.63) is 65.1 Å². The van der Waals surface area contributed by atoms with E-state index in [2.05, 4.69) is 46.6 Å². The van der Waals surface area contributed by atoms with Crippen LogP contribution in [0.2, 0.25) is 0 Å². The highest BCUT2D eigenvalue weighted by atomic mass is 16.1. The zero-order chi connectivity index (χ0) is 17.8. The van der Waals surface area contributed by atoms with Gasteiger partial charge in [-0.05, 0) is 55.8 Å². The predicted octanol–water partition coefficient (Wildman–Crippen LogP) is 3.32. The summed E-state index contributed by atoms with van der Waals surface area (Å²) in [5.74, 6) is 0.682. The second-order valence-electron chi connectivity index (χ2n) is 7.91. The minimum Gasteiger partial charge on any atom is -0.336 e. The number of aromatic nitrogens is 2. The van der Waals surface area contributed by atoms with E-state index in [4.69, 9.17) is 0 Å². The quantitative estimate of drug-likeness (QED) is 0.715. The summed E-state index contributed by atoms with van der Waals surface area (Å²) in [5.41, 5.74) is 6.53. The van der Waals surface area contributed by atoms with Gasteiger partial charge in [-0.1, -0.05) is 11.6 Å². The number of benzene rings is 1. The van der Waals surface area contributed by atoms with E-state index in [-0.39, 0.29) is 11.8 Å². The maximum atomic E-state index is 13.1. The molecule has 1 aromatic carbocycles. The van der Waals surface area contributed by atoms with E-state index in [1.807, 2.05) is 24.5 Å². The SMILES string of the molecule is Cc1ccc2c(c1)c1c3n2CC(=O)C(Cc2ccncc2)C3CN(C)C1. The Morgan fingerprint density at radius 3 is 2.77 bits per heavy atom. The Bertz CT molecular complexity index is 1010. The van der Waals surface area contributed by atoms with Crippen molar-refractivity contribution >= 4 is 16.7 Å². The fraction of sp³-hybridized carbons (Fsp3) is 0.364. The fourth-order valence-corrected chi connectivity index (χ4v) is 4.92. The van der Waals surface area contributed by atoms with Crippen LogP contribution in [0.5, 0.6) is 0 Å². The zero-order valence-corrected chi connectivity index (χ0v) is 15.3. The Labute approximate surface area is 153 Å². The molecular weight excluding hydrogens is 322 g/mol. The molecule has 0 amide bonds. The van der Waals surface area contributed by atoms with Gasteiger partial charge >= 0.3 is 0 Å². The third-order valence-corrected chi connectivity index (χ3v) is 6.07. The first-order valence-electron chi connectivity index (χ1n) is 9.33. The average Bonchev–Trinajstić information content (AvgIpc) is 2.92. The Hall–Kier alpha value is -2.46. The molecule has 0 bridgehead atoms. The lowest BCUT2D eigenvalue weighted by Crippen LogP contribution is -2.43. The highest BCUT2D eigenvalue weighted by Crippen LogP contribution is 2.43. The van der Waals surface area contributed by atoms with Gasteiger partial charge in [0.15, 0.2) is 5.78 Å². The number of fused-ring (bicyclic) bond motifs is 3. The molecule has 26 heavy (non-hydrogen) atoms. The third kappa shape index (κ3) is 2.32. The Morgan fingerprint density at radius 1 is 1.15 bits per heavy atom.